The van der Waals surface area contributed by atoms with E-state index in [0.717, 1.165) is 68.3 Å². The molecule has 3 aromatic carbocycles. The maximum absolute atomic E-state index is 13.7. The second kappa shape index (κ2) is 20.4. The lowest BCUT2D eigenvalue weighted by molar-refractivity contribution is -0.137. The lowest BCUT2D eigenvalue weighted by Crippen LogP contribution is -2.52. The maximum atomic E-state index is 13.7. The molecule has 0 radical (unpaired) electrons. The van der Waals surface area contributed by atoms with E-state index in [4.69, 9.17) is 16.3 Å². The van der Waals surface area contributed by atoms with Crippen LogP contribution in [0.3, 0.4) is 0 Å². The number of fused-ring (bicyclic) bond motifs is 2. The molecule has 1 atom stereocenters. The zero-order chi connectivity index (χ0) is 42.0. The van der Waals surface area contributed by atoms with Crippen LogP contribution >= 0.6 is 23.4 Å². The summed E-state index contributed by atoms with van der Waals surface area (Å²) in [6.45, 7) is 10.6. The number of benzene rings is 3. The van der Waals surface area contributed by atoms with Crippen molar-refractivity contribution in [1.29, 1.82) is 0 Å². The minimum absolute atomic E-state index is 0.0142. The minimum Gasteiger partial charge on any atom is -0.491 e. The molecule has 13 nitrogen and oxygen atoms in total. The number of nitrogens with zero attached hydrogens (tertiary/aromatic N) is 5. The van der Waals surface area contributed by atoms with Crippen LogP contribution in [0.2, 0.25) is 5.02 Å². The number of nitrogens with one attached hydrogen (secondary N) is 3. The monoisotopic (exact) mass is 856 g/mol. The van der Waals surface area contributed by atoms with Crippen molar-refractivity contribution in [2.45, 2.75) is 68.8 Å². The van der Waals surface area contributed by atoms with Gasteiger partial charge in [0.25, 0.3) is 5.91 Å². The molecule has 4 amide bonds. The van der Waals surface area contributed by atoms with E-state index in [1.807, 2.05) is 12.1 Å². The van der Waals surface area contributed by atoms with Gasteiger partial charge in [0.05, 0.1) is 22.8 Å². The molecular weight excluding hydrogens is 807 g/mol. The zero-order valence-corrected chi connectivity index (χ0v) is 35.1. The average molecular weight is 857 g/mol. The number of thioether (sulfide) groups is 1. The van der Waals surface area contributed by atoms with Crippen molar-refractivity contribution < 1.29 is 28.3 Å². The Labute approximate surface area is 358 Å². The van der Waals surface area contributed by atoms with E-state index in [-0.39, 0.29) is 35.1 Å². The van der Waals surface area contributed by atoms with Gasteiger partial charge >= 0.3 is 0 Å². The highest BCUT2D eigenvalue weighted by Gasteiger charge is 2.39. The van der Waals surface area contributed by atoms with E-state index in [9.17, 15) is 23.6 Å². The number of ether oxygens (including phenoxy) is 1. The van der Waals surface area contributed by atoms with Crippen LogP contribution in [0.5, 0.6) is 5.75 Å². The molecule has 1 aromatic heterocycles. The Morgan fingerprint density at radius 1 is 0.983 bits per heavy atom. The van der Waals surface area contributed by atoms with Crippen LogP contribution in [0, 0.1) is 5.82 Å². The Kier molecular flexibility index (Phi) is 14.7. The summed E-state index contributed by atoms with van der Waals surface area (Å²) in [5.41, 5.74) is 3.28. The number of imide groups is 1. The van der Waals surface area contributed by atoms with Gasteiger partial charge in [0.15, 0.2) is 0 Å². The number of rotatable bonds is 19. The molecule has 0 spiro atoms. The Hall–Kier alpha value is -5.09. The van der Waals surface area contributed by atoms with Gasteiger partial charge in [0.1, 0.15) is 29.8 Å². The van der Waals surface area contributed by atoms with Gasteiger partial charge in [0.2, 0.25) is 17.7 Å². The van der Waals surface area contributed by atoms with E-state index in [1.54, 1.807) is 34.9 Å². The largest absolute Gasteiger partial charge is 0.491 e. The molecule has 0 bridgehead atoms. The van der Waals surface area contributed by atoms with Crippen molar-refractivity contribution >= 4 is 75.1 Å². The van der Waals surface area contributed by atoms with Crippen LogP contribution < -0.4 is 20.7 Å². The van der Waals surface area contributed by atoms with Gasteiger partial charge in [-0.15, -0.1) is 11.8 Å². The topological polar surface area (TPSA) is 149 Å². The molecule has 4 heterocycles. The number of carbonyl (C=O) groups is 4. The summed E-state index contributed by atoms with van der Waals surface area (Å²) in [6.07, 6.45) is 9.92. The molecule has 60 heavy (non-hydrogen) atoms. The summed E-state index contributed by atoms with van der Waals surface area (Å²) >= 11 is 7.76. The summed E-state index contributed by atoms with van der Waals surface area (Å²) in [6, 6.07) is 13.1. The van der Waals surface area contributed by atoms with Crippen LogP contribution in [0.25, 0.3) is 10.9 Å². The van der Waals surface area contributed by atoms with E-state index in [2.05, 4.69) is 48.4 Å². The number of piperazine rings is 1. The second-order valence-electron chi connectivity index (χ2n) is 15.2. The average Bonchev–Trinajstić information content (AvgIpc) is 3.58. The summed E-state index contributed by atoms with van der Waals surface area (Å²) in [5.74, 6) is 0.256. The molecule has 4 aromatic rings. The number of carbonyl (C=O) groups excluding carboxylic acids is 4. The first-order valence-electron chi connectivity index (χ1n) is 20.6. The fraction of sp³-hybridized carbons (Fsp3) is 0.409. The molecule has 0 saturated carbocycles. The van der Waals surface area contributed by atoms with Crippen LogP contribution in [-0.4, -0.2) is 106 Å². The fourth-order valence-electron chi connectivity index (χ4n) is 7.84. The SMILES string of the molecule is C=CC(=O)Nc1cc2c(Nc3ccc(F)c(Cl)c3)ncnc2cc1OCCCN1CCN(CCCCCCCSc2cccc3c2CN(C2CCC(=O)NC2=O)C3=O)CC1. The van der Waals surface area contributed by atoms with Crippen molar-refractivity contribution in [3.63, 3.8) is 0 Å². The standard InChI is InChI=1S/C44H50ClFN8O5S/c1-2-40(55)50-36-25-31-35(47-28-48-42(31)49-29-12-13-34(46)33(45)24-29)26-38(36)59-22-9-17-53-20-18-52(19-21-53)16-6-4-3-5-7-23-60-39-11-8-10-30-32(39)27-54(44(30)58)37-14-15-41(56)51-43(37)57/h2,8,10-13,24-26,28,37H,1,3-7,9,14-23,27H2,(H,50,55)(H,47,48,49)(H,51,56,57). The lowest BCUT2D eigenvalue weighted by Gasteiger charge is -2.34. The van der Waals surface area contributed by atoms with Crippen LogP contribution in [0.15, 0.2) is 72.4 Å². The zero-order valence-electron chi connectivity index (χ0n) is 33.5. The van der Waals surface area contributed by atoms with E-state index in [0.29, 0.717) is 59.0 Å². The third kappa shape index (κ3) is 10.8. The van der Waals surface area contributed by atoms with Crippen molar-refractivity contribution in [1.82, 2.24) is 30.0 Å². The molecule has 16 heteroatoms. The molecule has 1 unspecified atom stereocenters. The Morgan fingerprint density at radius 2 is 1.75 bits per heavy atom. The van der Waals surface area contributed by atoms with E-state index >= 15 is 0 Å². The molecule has 3 N–H and O–H groups in total. The van der Waals surface area contributed by atoms with Gasteiger partial charge in [-0.2, -0.15) is 0 Å². The smallest absolute Gasteiger partial charge is 0.255 e. The van der Waals surface area contributed by atoms with Gasteiger partial charge in [-0.25, -0.2) is 14.4 Å². The molecule has 0 aliphatic carbocycles. The second-order valence-corrected chi connectivity index (χ2v) is 16.8. The summed E-state index contributed by atoms with van der Waals surface area (Å²) < 4.78 is 19.9. The number of hydrogen-bond donors (Lipinski definition) is 3. The van der Waals surface area contributed by atoms with E-state index < -0.39 is 11.9 Å². The Morgan fingerprint density at radius 3 is 2.52 bits per heavy atom. The van der Waals surface area contributed by atoms with Gasteiger partial charge in [-0.3, -0.25) is 24.5 Å². The van der Waals surface area contributed by atoms with Gasteiger partial charge < -0.3 is 30.1 Å². The molecule has 2 fully saturated rings. The quantitative estimate of drug-likeness (QED) is 0.0381. The highest BCUT2D eigenvalue weighted by atomic mass is 35.5. The maximum Gasteiger partial charge on any atom is 0.255 e. The predicted octanol–water partition coefficient (Wildman–Crippen LogP) is 7.18. The normalized spacial score (nSPS) is 17.1. The van der Waals surface area contributed by atoms with Crippen LogP contribution in [0.4, 0.5) is 21.6 Å². The number of amides is 4. The van der Waals surface area contributed by atoms with Crippen LogP contribution in [-0.2, 0) is 20.9 Å². The number of hydrogen-bond acceptors (Lipinski definition) is 11. The minimum atomic E-state index is -0.594. The van der Waals surface area contributed by atoms with Gasteiger partial charge in [0, 0.05) is 73.3 Å². The summed E-state index contributed by atoms with van der Waals surface area (Å²) in [5, 5.41) is 8.98. The number of unbranched alkanes of at least 4 members (excludes halogenated alkanes) is 4. The van der Waals surface area contributed by atoms with Crippen molar-refractivity contribution in [2.75, 3.05) is 62.3 Å². The number of piperidine rings is 1. The lowest BCUT2D eigenvalue weighted by atomic mass is 10.0. The predicted molar refractivity (Wildman–Crippen MR) is 232 cm³/mol. The fourth-order valence-corrected chi connectivity index (χ4v) is 9.12. The Balaban J connectivity index is 0.781. The molecule has 316 valence electrons. The summed E-state index contributed by atoms with van der Waals surface area (Å²) in [7, 11) is 0. The van der Waals surface area contributed by atoms with Crippen molar-refractivity contribution in [3.05, 3.63) is 89.5 Å². The van der Waals surface area contributed by atoms with Gasteiger partial charge in [-0.05, 0) is 86.0 Å². The number of anilines is 3. The highest BCUT2D eigenvalue weighted by Crippen LogP contribution is 2.36. The van der Waals surface area contributed by atoms with E-state index in [1.165, 1.54) is 50.2 Å². The number of halogens is 2. The Bertz CT molecular complexity index is 2240. The first-order chi connectivity index (χ1) is 29.2. The first-order valence-corrected chi connectivity index (χ1v) is 21.9. The third-order valence-corrected chi connectivity index (χ3v) is 12.6. The molecular formula is C44H50ClFN8O5S. The molecule has 3 aliphatic rings. The van der Waals surface area contributed by atoms with Crippen molar-refractivity contribution in [2.24, 2.45) is 0 Å². The molecule has 2 saturated heterocycles. The third-order valence-electron chi connectivity index (χ3n) is 11.1. The van der Waals surface area contributed by atoms with Crippen molar-refractivity contribution in [3.8, 4) is 5.75 Å². The summed E-state index contributed by atoms with van der Waals surface area (Å²) in [4.78, 5) is 66.0. The number of aromatic nitrogens is 2. The molecule has 3 aliphatic heterocycles. The highest BCUT2D eigenvalue weighted by molar-refractivity contribution is 7.99. The molecule has 7 rings (SSSR count). The van der Waals surface area contributed by atoms with Crippen LogP contribution in [0.1, 0.15) is 67.3 Å². The van der Waals surface area contributed by atoms with Gasteiger partial charge in [-0.1, -0.05) is 43.5 Å². The first kappa shape index (κ1) is 43.0.